The average molecular weight is 478 g/mol. The van der Waals surface area contributed by atoms with Crippen molar-refractivity contribution < 1.29 is 9.59 Å². The second-order valence-electron chi connectivity index (χ2n) is 10.0. The first-order valence-corrected chi connectivity index (χ1v) is 13.5. The number of carbonyl (C=O) groups excluding carboxylic acids is 2. The van der Waals surface area contributed by atoms with Crippen LogP contribution in [0, 0.1) is 23.2 Å². The van der Waals surface area contributed by atoms with E-state index in [4.69, 9.17) is 0 Å². The van der Waals surface area contributed by atoms with Gasteiger partial charge in [-0.05, 0) is 86.6 Å². The monoisotopic (exact) mass is 477 g/mol. The highest BCUT2D eigenvalue weighted by atomic mass is 32.2. The molecular weight excluding hydrogens is 450 g/mol. The number of nitrogens with zero attached hydrogens (tertiary/aromatic N) is 1. The van der Waals surface area contributed by atoms with Gasteiger partial charge in [0.2, 0.25) is 11.8 Å². The largest absolute Gasteiger partial charge is 0.326 e. The number of thiazole rings is 1. The van der Waals surface area contributed by atoms with Crippen LogP contribution in [-0.4, -0.2) is 22.6 Å². The van der Waals surface area contributed by atoms with Crippen LogP contribution in [0.15, 0.2) is 52.9 Å². The first kappa shape index (κ1) is 21.2. The van der Waals surface area contributed by atoms with Gasteiger partial charge in [0.15, 0.2) is 4.34 Å². The molecule has 0 atom stereocenters. The normalized spacial score (nSPS) is 27.6. The molecule has 2 amide bonds. The van der Waals surface area contributed by atoms with E-state index in [0.717, 1.165) is 57.3 Å². The predicted octanol–water partition coefficient (Wildman–Crippen LogP) is 6.18. The number of para-hydroxylation sites is 1. The van der Waals surface area contributed by atoms with E-state index in [1.54, 1.807) is 11.3 Å². The lowest BCUT2D eigenvalue weighted by atomic mass is 9.49. The smallest absolute Gasteiger partial charge is 0.234 e. The molecule has 4 saturated carbocycles. The Labute approximate surface area is 201 Å². The van der Waals surface area contributed by atoms with E-state index in [-0.39, 0.29) is 17.2 Å². The van der Waals surface area contributed by atoms with Gasteiger partial charge in [-0.25, -0.2) is 4.98 Å². The lowest BCUT2D eigenvalue weighted by molar-refractivity contribution is -0.140. The minimum atomic E-state index is -0.179. The van der Waals surface area contributed by atoms with E-state index in [1.165, 1.54) is 31.0 Å². The van der Waals surface area contributed by atoms with Crippen LogP contribution in [-0.2, 0) is 9.59 Å². The number of benzene rings is 2. The maximum Gasteiger partial charge on any atom is 0.234 e. The van der Waals surface area contributed by atoms with Crippen LogP contribution < -0.4 is 10.6 Å². The fourth-order valence-electron chi connectivity index (χ4n) is 6.56. The summed E-state index contributed by atoms with van der Waals surface area (Å²) in [5, 5.41) is 6.14. The van der Waals surface area contributed by atoms with Gasteiger partial charge in [-0.2, -0.15) is 0 Å². The summed E-state index contributed by atoms with van der Waals surface area (Å²) in [6, 6.07) is 15.5. The number of hydrogen-bond acceptors (Lipinski definition) is 5. The summed E-state index contributed by atoms with van der Waals surface area (Å²) < 4.78 is 2.02. The first-order valence-electron chi connectivity index (χ1n) is 11.7. The van der Waals surface area contributed by atoms with Crippen molar-refractivity contribution in [3.63, 3.8) is 0 Å². The lowest BCUT2D eigenvalue weighted by Gasteiger charge is -2.55. The molecule has 3 aromatic rings. The van der Waals surface area contributed by atoms with Crippen LogP contribution >= 0.6 is 23.1 Å². The van der Waals surface area contributed by atoms with Gasteiger partial charge < -0.3 is 10.6 Å². The molecule has 7 rings (SSSR count). The maximum atomic E-state index is 13.3. The van der Waals surface area contributed by atoms with E-state index in [2.05, 4.69) is 15.6 Å². The molecule has 0 spiro atoms. The van der Waals surface area contributed by atoms with Crippen molar-refractivity contribution in [1.29, 1.82) is 0 Å². The molecule has 0 radical (unpaired) electrons. The summed E-state index contributed by atoms with van der Waals surface area (Å²) in [6.45, 7) is 0. The van der Waals surface area contributed by atoms with Gasteiger partial charge in [-0.1, -0.05) is 30.0 Å². The molecule has 4 aliphatic carbocycles. The molecule has 0 aliphatic heterocycles. The standard InChI is InChI=1S/C26H27N3O2S2/c30-23(15-32-25-29-21-6-1-2-7-22(21)33-25)27-19-4-3-5-20(11-19)28-24(31)26-12-16-8-17(13-26)10-18(9-16)14-26/h1-7,11,16-18H,8-10,12-15H2,(H,27,30)(H,28,31). The summed E-state index contributed by atoms with van der Waals surface area (Å²) in [4.78, 5) is 30.4. The fourth-order valence-corrected chi connectivity index (χ4v) is 8.43. The molecule has 33 heavy (non-hydrogen) atoms. The second-order valence-corrected chi connectivity index (χ2v) is 12.3. The van der Waals surface area contributed by atoms with Crippen LogP contribution in [0.1, 0.15) is 38.5 Å². The fraction of sp³-hybridized carbons (Fsp3) is 0.423. The van der Waals surface area contributed by atoms with Crippen molar-refractivity contribution in [3.8, 4) is 0 Å². The van der Waals surface area contributed by atoms with Crippen molar-refractivity contribution >= 4 is 56.5 Å². The van der Waals surface area contributed by atoms with E-state index < -0.39 is 0 Å². The number of hydrogen-bond donors (Lipinski definition) is 2. The van der Waals surface area contributed by atoms with Crippen LogP contribution in [0.25, 0.3) is 10.2 Å². The molecule has 4 bridgehead atoms. The molecule has 5 nitrogen and oxygen atoms in total. The Morgan fingerprint density at radius 2 is 1.61 bits per heavy atom. The highest BCUT2D eigenvalue weighted by Crippen LogP contribution is 2.60. The molecule has 4 fully saturated rings. The number of nitrogens with one attached hydrogen (secondary N) is 2. The molecule has 170 valence electrons. The third-order valence-corrected chi connectivity index (χ3v) is 9.70. The van der Waals surface area contributed by atoms with Gasteiger partial charge in [-0.15, -0.1) is 11.3 Å². The Balaban J connectivity index is 1.07. The number of anilines is 2. The predicted molar refractivity (Wildman–Crippen MR) is 135 cm³/mol. The Bertz CT molecular complexity index is 1150. The summed E-state index contributed by atoms with van der Waals surface area (Å²) in [6.07, 6.45) is 7.11. The zero-order valence-corrected chi connectivity index (χ0v) is 20.0. The van der Waals surface area contributed by atoms with Crippen molar-refractivity contribution in [2.45, 2.75) is 42.9 Å². The number of amides is 2. The molecular formula is C26H27N3O2S2. The van der Waals surface area contributed by atoms with Crippen molar-refractivity contribution in [1.82, 2.24) is 4.98 Å². The SMILES string of the molecule is O=C(CSc1nc2ccccc2s1)Nc1cccc(NC(=O)C23CC4CC(CC(C4)C2)C3)c1. The Morgan fingerprint density at radius 3 is 2.30 bits per heavy atom. The van der Waals surface area contributed by atoms with Gasteiger partial charge in [0.05, 0.1) is 21.4 Å². The molecule has 2 N–H and O–H groups in total. The Hall–Kier alpha value is -2.38. The molecule has 7 heteroatoms. The van der Waals surface area contributed by atoms with Crippen molar-refractivity contribution in [2.24, 2.45) is 23.2 Å². The van der Waals surface area contributed by atoms with Gasteiger partial charge in [0.25, 0.3) is 0 Å². The first-order chi connectivity index (χ1) is 16.0. The molecule has 0 unspecified atom stereocenters. The Morgan fingerprint density at radius 1 is 0.939 bits per heavy atom. The van der Waals surface area contributed by atoms with Crippen LogP contribution in [0.4, 0.5) is 11.4 Å². The van der Waals surface area contributed by atoms with Gasteiger partial charge in [-0.3, -0.25) is 9.59 Å². The zero-order chi connectivity index (χ0) is 22.4. The third kappa shape index (κ3) is 4.28. The second kappa shape index (κ2) is 8.44. The third-order valence-electron chi connectivity index (χ3n) is 7.53. The average Bonchev–Trinajstić information content (AvgIpc) is 3.20. The maximum absolute atomic E-state index is 13.3. The quantitative estimate of drug-likeness (QED) is 0.416. The molecule has 1 aromatic heterocycles. The molecule has 4 aliphatic rings. The summed E-state index contributed by atoms with van der Waals surface area (Å²) >= 11 is 3.05. The van der Waals surface area contributed by atoms with E-state index in [9.17, 15) is 9.59 Å². The van der Waals surface area contributed by atoms with Crippen molar-refractivity contribution in [2.75, 3.05) is 16.4 Å². The lowest BCUT2D eigenvalue weighted by Crippen LogP contribution is -2.51. The topological polar surface area (TPSA) is 71.1 Å². The van der Waals surface area contributed by atoms with E-state index in [1.807, 2.05) is 48.5 Å². The van der Waals surface area contributed by atoms with Crippen LogP contribution in [0.3, 0.4) is 0 Å². The van der Waals surface area contributed by atoms with E-state index >= 15 is 0 Å². The number of thioether (sulfide) groups is 1. The highest BCUT2D eigenvalue weighted by Gasteiger charge is 2.54. The summed E-state index contributed by atoms with van der Waals surface area (Å²) in [5.41, 5.74) is 2.25. The highest BCUT2D eigenvalue weighted by molar-refractivity contribution is 8.01. The van der Waals surface area contributed by atoms with Gasteiger partial charge >= 0.3 is 0 Å². The minimum absolute atomic E-state index is 0.0798. The minimum Gasteiger partial charge on any atom is -0.326 e. The zero-order valence-electron chi connectivity index (χ0n) is 18.4. The Kier molecular flexibility index (Phi) is 5.41. The molecule has 2 aromatic carbocycles. The van der Waals surface area contributed by atoms with Crippen LogP contribution in [0.5, 0.6) is 0 Å². The van der Waals surface area contributed by atoms with Gasteiger partial charge in [0, 0.05) is 11.4 Å². The molecule has 1 heterocycles. The summed E-state index contributed by atoms with van der Waals surface area (Å²) in [7, 11) is 0. The summed E-state index contributed by atoms with van der Waals surface area (Å²) in [5.74, 6) is 2.60. The number of fused-ring (bicyclic) bond motifs is 1. The van der Waals surface area contributed by atoms with Crippen LogP contribution in [0.2, 0.25) is 0 Å². The number of rotatable bonds is 6. The number of carbonyl (C=O) groups is 2. The van der Waals surface area contributed by atoms with E-state index in [0.29, 0.717) is 11.4 Å². The molecule has 0 saturated heterocycles. The number of aromatic nitrogens is 1. The van der Waals surface area contributed by atoms with Crippen molar-refractivity contribution in [3.05, 3.63) is 48.5 Å². The van der Waals surface area contributed by atoms with Gasteiger partial charge in [0.1, 0.15) is 0 Å².